The maximum atomic E-state index is 10.2. The molecule has 44 valence electrons. The molecule has 7 heavy (non-hydrogen) atoms. The molecule has 0 spiro atoms. The molecular weight excluding hydrogens is 114 g/mol. The minimum Gasteiger partial charge on any atom is -0.315 e. The van der Waals surface area contributed by atoms with Crippen molar-refractivity contribution >= 4 is 9.84 Å². The predicted molar refractivity (Wildman–Crippen MR) is 28.5 cm³/mol. The first kappa shape index (κ1) is 6.91. The molecule has 4 heteroatoms. The van der Waals surface area contributed by atoms with Crippen molar-refractivity contribution in [1.29, 1.82) is 0 Å². The molecule has 0 fully saturated rings. The minimum atomic E-state index is -2.96. The molecule has 0 saturated carbocycles. The molecular formula is C3H9NO2S. The van der Waals surface area contributed by atoms with E-state index in [1.807, 2.05) is 0 Å². The largest absolute Gasteiger partial charge is 0.315 e. The Kier molecular flexibility index (Phi) is 1.77. The molecule has 1 atom stereocenters. The van der Waals surface area contributed by atoms with E-state index in [0.29, 0.717) is 0 Å². The number of rotatable bonds is 1. The van der Waals surface area contributed by atoms with Gasteiger partial charge in [0, 0.05) is 6.26 Å². The fraction of sp³-hybridized carbons (Fsp3) is 1.00. The van der Waals surface area contributed by atoms with Crippen molar-refractivity contribution in [2.24, 2.45) is 5.73 Å². The van der Waals surface area contributed by atoms with Crippen molar-refractivity contribution in [3.63, 3.8) is 0 Å². The summed E-state index contributed by atoms with van der Waals surface area (Å²) in [5, 5.41) is -0.729. The molecule has 0 bridgehead atoms. The molecule has 0 aliphatic rings. The fourth-order valence-corrected chi connectivity index (χ4v) is 0. The van der Waals surface area contributed by atoms with E-state index in [-0.39, 0.29) is 0 Å². The molecule has 0 saturated heterocycles. The van der Waals surface area contributed by atoms with E-state index in [2.05, 4.69) is 0 Å². The summed E-state index contributed by atoms with van der Waals surface area (Å²) in [6, 6.07) is 0. The van der Waals surface area contributed by atoms with Crippen LogP contribution in [0.25, 0.3) is 0 Å². The normalized spacial score (nSPS) is 16.4. The van der Waals surface area contributed by atoms with Gasteiger partial charge in [-0.05, 0) is 6.92 Å². The van der Waals surface area contributed by atoms with Crippen LogP contribution >= 0.6 is 0 Å². The van der Waals surface area contributed by atoms with Crippen LogP contribution in [-0.2, 0) is 9.84 Å². The zero-order valence-electron chi connectivity index (χ0n) is 4.38. The van der Waals surface area contributed by atoms with Gasteiger partial charge < -0.3 is 5.73 Å². The Morgan fingerprint density at radius 3 is 1.71 bits per heavy atom. The summed E-state index contributed by atoms with van der Waals surface area (Å²) < 4.78 is 20.4. The van der Waals surface area contributed by atoms with Crippen molar-refractivity contribution in [3.05, 3.63) is 0 Å². The van der Waals surface area contributed by atoms with E-state index in [4.69, 9.17) is 5.73 Å². The molecule has 0 aromatic rings. The second-order valence-electron chi connectivity index (χ2n) is 1.53. The minimum absolute atomic E-state index is 0.729. The van der Waals surface area contributed by atoms with Gasteiger partial charge in [-0.1, -0.05) is 0 Å². The lowest BCUT2D eigenvalue weighted by molar-refractivity contribution is 0.591. The third-order valence-electron chi connectivity index (χ3n) is 0.675. The maximum Gasteiger partial charge on any atom is 0.162 e. The molecule has 0 heterocycles. The molecule has 0 aliphatic carbocycles. The van der Waals surface area contributed by atoms with Crippen molar-refractivity contribution in [2.75, 3.05) is 6.26 Å². The van der Waals surface area contributed by atoms with Crippen molar-refractivity contribution in [1.82, 2.24) is 0 Å². The molecule has 0 amide bonds. The van der Waals surface area contributed by atoms with Crippen LogP contribution in [0.5, 0.6) is 0 Å². The lowest BCUT2D eigenvalue weighted by Crippen LogP contribution is -2.25. The van der Waals surface area contributed by atoms with E-state index in [1.54, 1.807) is 0 Å². The zero-order valence-corrected chi connectivity index (χ0v) is 5.20. The van der Waals surface area contributed by atoms with Crippen molar-refractivity contribution in [2.45, 2.75) is 12.3 Å². The Morgan fingerprint density at radius 2 is 1.71 bits per heavy atom. The van der Waals surface area contributed by atoms with Gasteiger partial charge in [0.1, 0.15) is 5.37 Å². The summed E-state index contributed by atoms with van der Waals surface area (Å²) in [5.41, 5.74) is 4.98. The fourth-order valence-electron chi connectivity index (χ4n) is 0. The SMILES string of the molecule is CC(N)S(C)(=O)=O. The highest BCUT2D eigenvalue weighted by molar-refractivity contribution is 7.91. The monoisotopic (exact) mass is 123 g/mol. The summed E-state index contributed by atoms with van der Waals surface area (Å²) in [4.78, 5) is 0. The van der Waals surface area contributed by atoms with Gasteiger partial charge in [-0.2, -0.15) is 0 Å². The topological polar surface area (TPSA) is 60.2 Å². The van der Waals surface area contributed by atoms with Crippen LogP contribution in [0.4, 0.5) is 0 Å². The van der Waals surface area contributed by atoms with Gasteiger partial charge in [0.15, 0.2) is 9.84 Å². The Labute approximate surface area is 43.4 Å². The highest BCUT2D eigenvalue weighted by atomic mass is 32.2. The molecule has 0 aliphatic heterocycles. The third-order valence-corrected chi connectivity index (χ3v) is 2.03. The van der Waals surface area contributed by atoms with Crippen LogP contribution < -0.4 is 5.73 Å². The van der Waals surface area contributed by atoms with Gasteiger partial charge in [-0.25, -0.2) is 8.42 Å². The number of nitrogens with two attached hydrogens (primary N) is 1. The average Bonchev–Trinajstić information content (AvgIpc) is 1.31. The molecule has 0 rings (SSSR count). The van der Waals surface area contributed by atoms with Crippen molar-refractivity contribution < 1.29 is 8.42 Å². The Bertz CT molecular complexity index is 135. The van der Waals surface area contributed by atoms with Crippen LogP contribution in [0, 0.1) is 0 Å². The lowest BCUT2D eigenvalue weighted by Gasteiger charge is -1.97. The average molecular weight is 123 g/mol. The van der Waals surface area contributed by atoms with Gasteiger partial charge in [0.2, 0.25) is 0 Å². The first-order chi connectivity index (χ1) is 2.94. The second-order valence-corrected chi connectivity index (χ2v) is 3.94. The van der Waals surface area contributed by atoms with Crippen LogP contribution in [0.2, 0.25) is 0 Å². The smallest absolute Gasteiger partial charge is 0.162 e. The summed E-state index contributed by atoms with van der Waals surface area (Å²) in [6.07, 6.45) is 1.11. The van der Waals surface area contributed by atoms with Crippen LogP contribution in [0.15, 0.2) is 0 Å². The lowest BCUT2D eigenvalue weighted by atomic mass is 10.8. The Balaban J connectivity index is 4.10. The first-order valence-electron chi connectivity index (χ1n) is 1.89. The van der Waals surface area contributed by atoms with E-state index in [1.165, 1.54) is 6.92 Å². The molecule has 3 nitrogen and oxygen atoms in total. The molecule has 2 N–H and O–H groups in total. The highest BCUT2D eigenvalue weighted by Gasteiger charge is 2.06. The molecule has 0 aromatic carbocycles. The predicted octanol–water partition coefficient (Wildman–Crippen LogP) is -0.664. The third kappa shape index (κ3) is 2.59. The van der Waals surface area contributed by atoms with Crippen LogP contribution in [-0.4, -0.2) is 20.0 Å². The first-order valence-corrected chi connectivity index (χ1v) is 3.84. The van der Waals surface area contributed by atoms with Gasteiger partial charge >= 0.3 is 0 Å². The van der Waals surface area contributed by atoms with Crippen molar-refractivity contribution in [3.8, 4) is 0 Å². The van der Waals surface area contributed by atoms with E-state index in [0.717, 1.165) is 6.26 Å². The number of hydrogen-bond donors (Lipinski definition) is 1. The van der Waals surface area contributed by atoms with E-state index in [9.17, 15) is 8.42 Å². The Morgan fingerprint density at radius 1 is 1.57 bits per heavy atom. The number of sulfone groups is 1. The quantitative estimate of drug-likeness (QED) is 0.503. The molecule has 0 aromatic heterocycles. The maximum absolute atomic E-state index is 10.2. The summed E-state index contributed by atoms with van der Waals surface area (Å²) in [6.45, 7) is 1.44. The van der Waals surface area contributed by atoms with Gasteiger partial charge in [0.05, 0.1) is 0 Å². The van der Waals surface area contributed by atoms with Gasteiger partial charge in [-0.15, -0.1) is 0 Å². The summed E-state index contributed by atoms with van der Waals surface area (Å²) in [7, 11) is -2.96. The second kappa shape index (κ2) is 1.79. The van der Waals surface area contributed by atoms with Crippen LogP contribution in [0.3, 0.4) is 0 Å². The standard InChI is InChI=1S/C3H9NO2S/c1-3(4)7(2,5)6/h3H,4H2,1-2H3. The highest BCUT2D eigenvalue weighted by Crippen LogP contribution is 1.85. The van der Waals surface area contributed by atoms with E-state index < -0.39 is 15.2 Å². The summed E-state index contributed by atoms with van der Waals surface area (Å²) in [5.74, 6) is 0. The molecule has 1 unspecified atom stereocenters. The molecule has 0 radical (unpaired) electrons. The number of hydrogen-bond acceptors (Lipinski definition) is 3. The van der Waals surface area contributed by atoms with Gasteiger partial charge in [0.25, 0.3) is 0 Å². The zero-order chi connectivity index (χ0) is 6.08. The van der Waals surface area contributed by atoms with Crippen LogP contribution in [0.1, 0.15) is 6.92 Å². The Hall–Kier alpha value is -0.0900. The van der Waals surface area contributed by atoms with Gasteiger partial charge in [-0.3, -0.25) is 0 Å². The van der Waals surface area contributed by atoms with E-state index >= 15 is 0 Å². The summed E-state index contributed by atoms with van der Waals surface area (Å²) >= 11 is 0.